The first-order valence-electron chi connectivity index (χ1n) is 3.42. The molecule has 1 radical (unpaired) electrons. The summed E-state index contributed by atoms with van der Waals surface area (Å²) in [5.41, 5.74) is 0.459. The van der Waals surface area contributed by atoms with Gasteiger partial charge in [0.15, 0.2) is 0 Å². The van der Waals surface area contributed by atoms with Gasteiger partial charge in [-0.1, -0.05) is 13.3 Å². The second-order valence-corrected chi connectivity index (χ2v) is 2.85. The average Bonchev–Trinajstić information content (AvgIpc) is 1.80. The topological polar surface area (TPSA) is 42.5 Å². The van der Waals surface area contributed by atoms with Crippen LogP contribution in [0.1, 0.15) is 26.2 Å². The molecule has 0 saturated heterocycles. The van der Waals surface area contributed by atoms with Crippen LogP contribution in [0.5, 0.6) is 0 Å². The molecule has 0 unspecified atom stereocenters. The minimum absolute atomic E-state index is 0. The Morgan fingerprint density at radius 1 is 1.60 bits per heavy atom. The van der Waals surface area contributed by atoms with Gasteiger partial charge in [-0.25, -0.2) is 5.71 Å². The van der Waals surface area contributed by atoms with E-state index in [0.717, 1.165) is 12.8 Å². The van der Waals surface area contributed by atoms with Crippen molar-refractivity contribution < 1.29 is 24.9 Å². The number of aliphatic hydroxyl groups is 1. The zero-order chi connectivity index (χ0) is 6.85. The molecule has 1 rings (SSSR count). The van der Waals surface area contributed by atoms with Gasteiger partial charge in [-0.15, -0.1) is 0 Å². The molecule has 59 valence electrons. The predicted octanol–water partition coefficient (Wildman–Crippen LogP) is 1.18. The summed E-state index contributed by atoms with van der Waals surface area (Å²) in [7, 11) is 0. The van der Waals surface area contributed by atoms with E-state index in [4.69, 9.17) is 10.5 Å². The van der Waals surface area contributed by atoms with E-state index in [1.807, 2.05) is 6.92 Å². The van der Waals surface area contributed by atoms with Gasteiger partial charge in [0.1, 0.15) is 0 Å². The number of hydrogen-bond acceptors (Lipinski definition) is 1. The van der Waals surface area contributed by atoms with Crippen molar-refractivity contribution in [2.24, 2.45) is 5.92 Å². The zero-order valence-electron chi connectivity index (χ0n) is 6.02. The summed E-state index contributed by atoms with van der Waals surface area (Å²) in [4.78, 5) is 0. The zero-order valence-corrected chi connectivity index (χ0v) is 8.56. The van der Waals surface area contributed by atoms with E-state index in [2.05, 4.69) is 0 Å². The third-order valence-electron chi connectivity index (χ3n) is 1.99. The first-order chi connectivity index (χ1) is 4.20. The van der Waals surface area contributed by atoms with Crippen LogP contribution in [0.25, 0.3) is 5.41 Å². The molecule has 1 fully saturated rings. The molecule has 0 aromatic carbocycles. The maximum Gasteiger partial charge on any atom is 1.00 e. The van der Waals surface area contributed by atoms with E-state index in [1.54, 1.807) is 0 Å². The summed E-state index contributed by atoms with van der Waals surface area (Å²) in [5.74, 6) is 0.362. The van der Waals surface area contributed by atoms with E-state index < -0.39 is 0 Å². The number of hydrogen-bond donors (Lipinski definition) is 1. The molecule has 0 bridgehead atoms. The van der Waals surface area contributed by atoms with Gasteiger partial charge >= 0.3 is 19.8 Å². The Hall–Kier alpha value is 0.266. The maximum atomic E-state index is 9.17. The summed E-state index contributed by atoms with van der Waals surface area (Å²) < 4.78 is 0. The Bertz CT molecular complexity index is 127. The molecule has 10 heavy (non-hydrogen) atoms. The smallest absolute Gasteiger partial charge is 0.811 e. The van der Waals surface area contributed by atoms with E-state index in [1.165, 1.54) is 0 Å². The van der Waals surface area contributed by atoms with Gasteiger partial charge in [-0.2, -0.15) is 0 Å². The van der Waals surface area contributed by atoms with Crippen molar-refractivity contribution >= 4 is 5.71 Å². The molecule has 2 atom stereocenters. The van der Waals surface area contributed by atoms with Gasteiger partial charge in [-0.05, 0) is 18.8 Å². The van der Waals surface area contributed by atoms with E-state index in [0.29, 0.717) is 18.1 Å². The second kappa shape index (κ2) is 4.21. The molecule has 1 aliphatic rings. The van der Waals surface area contributed by atoms with Crippen LogP contribution >= 0.6 is 0 Å². The summed E-state index contributed by atoms with van der Waals surface area (Å²) in [5, 5.41) is 18.1. The van der Waals surface area contributed by atoms with Gasteiger partial charge in [0.05, 0.1) is 6.10 Å². The van der Waals surface area contributed by atoms with Crippen molar-refractivity contribution in [3.8, 4) is 0 Å². The Morgan fingerprint density at radius 3 is 2.60 bits per heavy atom. The fourth-order valence-corrected chi connectivity index (χ4v) is 1.13. The van der Waals surface area contributed by atoms with Crippen molar-refractivity contribution in [1.29, 1.82) is 0 Å². The van der Waals surface area contributed by atoms with E-state index in [9.17, 15) is 0 Å². The Morgan fingerprint density at radius 2 is 2.20 bits per heavy atom. The number of rotatable bonds is 0. The molecule has 0 aliphatic heterocycles. The fourth-order valence-electron chi connectivity index (χ4n) is 1.13. The van der Waals surface area contributed by atoms with Crippen molar-refractivity contribution in [3.63, 3.8) is 0 Å². The van der Waals surface area contributed by atoms with E-state index >= 15 is 0 Å². The molecule has 1 aliphatic carbocycles. The first-order valence-corrected chi connectivity index (χ1v) is 3.42. The molecule has 0 heterocycles. The van der Waals surface area contributed by atoms with Crippen molar-refractivity contribution in [2.75, 3.05) is 0 Å². The molecule has 1 saturated carbocycles. The second-order valence-electron chi connectivity index (χ2n) is 2.85. The van der Waals surface area contributed by atoms with Crippen LogP contribution in [-0.4, -0.2) is 16.9 Å². The minimum atomic E-state index is -0.307. The fraction of sp³-hybridized carbons (Fsp3) is 0.857. The normalized spacial score (nSPS) is 33.2. The summed E-state index contributed by atoms with van der Waals surface area (Å²) in [6, 6.07) is 0. The third-order valence-corrected chi connectivity index (χ3v) is 1.99. The van der Waals surface area contributed by atoms with Crippen LogP contribution < -0.4 is 0 Å². The Balaban J connectivity index is 0.000000810. The van der Waals surface area contributed by atoms with Crippen molar-refractivity contribution in [2.45, 2.75) is 32.3 Å². The Labute approximate surface area is 74.6 Å². The molecule has 2 nitrogen and oxygen atoms in total. The third kappa shape index (κ3) is 2.48. The molecular formula is C7H12NOOs. The van der Waals surface area contributed by atoms with Gasteiger partial charge in [0, 0.05) is 0 Å². The van der Waals surface area contributed by atoms with E-state index in [-0.39, 0.29) is 25.9 Å². The monoisotopic (exact) mass is 318 g/mol. The first kappa shape index (κ1) is 10.3. The standard InChI is InChI=1S/C7H12NO.Os/c1-5-2-3-6(8)4-7(5)9;/h5,7,9H,2-4H2,1H3;/q-1;+1/t5-,7-;/m1./s1. The number of nitrogens with zero attached hydrogens (tertiary/aromatic N) is 1. The van der Waals surface area contributed by atoms with Crippen LogP contribution in [0.15, 0.2) is 0 Å². The molecule has 1 N–H and O–H groups in total. The van der Waals surface area contributed by atoms with Crippen LogP contribution in [0, 0.1) is 5.92 Å². The van der Waals surface area contributed by atoms with Gasteiger partial charge < -0.3 is 10.5 Å². The predicted molar refractivity (Wildman–Crippen MR) is 37.4 cm³/mol. The molecular weight excluding hydrogens is 304 g/mol. The molecule has 0 amide bonds. The maximum absolute atomic E-state index is 9.17. The van der Waals surface area contributed by atoms with Crippen LogP contribution in [0.3, 0.4) is 0 Å². The summed E-state index contributed by atoms with van der Waals surface area (Å²) >= 11 is 0. The largest absolute Gasteiger partial charge is 1.00 e. The van der Waals surface area contributed by atoms with Crippen molar-refractivity contribution in [1.82, 2.24) is 0 Å². The van der Waals surface area contributed by atoms with Crippen LogP contribution in [0.2, 0.25) is 0 Å². The molecule has 0 aromatic heterocycles. The van der Waals surface area contributed by atoms with Gasteiger partial charge in [0.2, 0.25) is 0 Å². The van der Waals surface area contributed by atoms with Crippen LogP contribution in [-0.2, 0) is 19.8 Å². The minimum Gasteiger partial charge on any atom is -0.811 e. The van der Waals surface area contributed by atoms with Gasteiger partial charge in [0.25, 0.3) is 0 Å². The summed E-state index contributed by atoms with van der Waals surface area (Å²) in [6.07, 6.45) is 1.88. The molecule has 3 heteroatoms. The average molecular weight is 316 g/mol. The molecule has 0 aromatic rings. The van der Waals surface area contributed by atoms with Crippen molar-refractivity contribution in [3.05, 3.63) is 5.41 Å². The SMILES string of the molecule is C[C@@H]1CCC(=[N-])C[C@H]1O.[Os+]. The Kier molecular flexibility index (Phi) is 4.32. The van der Waals surface area contributed by atoms with Crippen LogP contribution in [0.4, 0.5) is 0 Å². The summed E-state index contributed by atoms with van der Waals surface area (Å²) in [6.45, 7) is 2.01. The number of aliphatic hydroxyl groups excluding tert-OH is 1. The molecule has 0 spiro atoms. The quantitative estimate of drug-likeness (QED) is 0.716. The van der Waals surface area contributed by atoms with Gasteiger partial charge in [-0.3, -0.25) is 0 Å².